The Hall–Kier alpha value is -3.15. The van der Waals surface area contributed by atoms with Gasteiger partial charge < -0.3 is 15.5 Å². The van der Waals surface area contributed by atoms with Crippen LogP contribution in [-0.4, -0.2) is 24.1 Å². The van der Waals surface area contributed by atoms with E-state index in [0.717, 1.165) is 17.1 Å². The number of nitrogens with one attached hydrogen (secondary N) is 2. The molecule has 0 saturated heterocycles. The van der Waals surface area contributed by atoms with Crippen molar-refractivity contribution in [1.29, 1.82) is 0 Å². The molecule has 0 aliphatic heterocycles. The van der Waals surface area contributed by atoms with Crippen molar-refractivity contribution in [2.75, 3.05) is 29.6 Å². The molecule has 0 unspecified atom stereocenters. The van der Waals surface area contributed by atoms with Gasteiger partial charge >= 0.3 is 0 Å². The first-order valence-electron chi connectivity index (χ1n) is 8.38. The first kappa shape index (κ1) is 17.7. The number of rotatable bonds is 6. The minimum Gasteiger partial charge on any atom is -0.378 e. The first-order chi connectivity index (χ1) is 12.5. The Labute approximate surface area is 152 Å². The van der Waals surface area contributed by atoms with Gasteiger partial charge in [-0.1, -0.05) is 18.2 Å². The SMILES string of the molecule is Cc1cc(NCc2ccccc2F)nc(Nc2ccc(N(C)C)cc2)n1. The summed E-state index contributed by atoms with van der Waals surface area (Å²) in [6, 6.07) is 16.5. The van der Waals surface area contributed by atoms with Crippen molar-refractivity contribution in [3.05, 3.63) is 71.7 Å². The quantitative estimate of drug-likeness (QED) is 0.692. The number of nitrogens with zero attached hydrogens (tertiary/aromatic N) is 3. The molecule has 0 spiro atoms. The fraction of sp³-hybridized carbons (Fsp3) is 0.200. The van der Waals surface area contributed by atoms with E-state index in [1.54, 1.807) is 12.1 Å². The maximum atomic E-state index is 13.7. The predicted octanol–water partition coefficient (Wildman–Crippen LogP) is 4.35. The molecule has 5 nitrogen and oxygen atoms in total. The molecule has 1 aromatic heterocycles. The zero-order valence-corrected chi connectivity index (χ0v) is 15.1. The van der Waals surface area contributed by atoms with Crippen LogP contribution in [0.4, 0.5) is 27.5 Å². The van der Waals surface area contributed by atoms with E-state index in [-0.39, 0.29) is 5.82 Å². The summed E-state index contributed by atoms with van der Waals surface area (Å²) in [6.07, 6.45) is 0. The van der Waals surface area contributed by atoms with Crippen molar-refractivity contribution in [3.8, 4) is 0 Å². The molecule has 0 saturated carbocycles. The van der Waals surface area contributed by atoms with Crippen LogP contribution in [0.25, 0.3) is 0 Å². The smallest absolute Gasteiger partial charge is 0.229 e. The molecule has 0 aliphatic carbocycles. The van der Waals surface area contributed by atoms with E-state index in [1.807, 2.05) is 62.3 Å². The van der Waals surface area contributed by atoms with Gasteiger partial charge in [0.1, 0.15) is 11.6 Å². The molecule has 3 aromatic rings. The van der Waals surface area contributed by atoms with Crippen molar-refractivity contribution in [3.63, 3.8) is 0 Å². The van der Waals surface area contributed by atoms with Gasteiger partial charge in [-0.05, 0) is 37.3 Å². The fourth-order valence-corrected chi connectivity index (χ4v) is 2.51. The number of anilines is 4. The largest absolute Gasteiger partial charge is 0.378 e. The van der Waals surface area contributed by atoms with Crippen LogP contribution in [-0.2, 0) is 6.54 Å². The van der Waals surface area contributed by atoms with E-state index in [4.69, 9.17) is 0 Å². The minimum absolute atomic E-state index is 0.231. The van der Waals surface area contributed by atoms with Crippen LogP contribution >= 0.6 is 0 Å². The van der Waals surface area contributed by atoms with E-state index in [1.165, 1.54) is 6.07 Å². The second-order valence-electron chi connectivity index (χ2n) is 6.23. The lowest BCUT2D eigenvalue weighted by atomic mass is 10.2. The Morgan fingerprint density at radius 1 is 1.00 bits per heavy atom. The molecule has 6 heteroatoms. The lowest BCUT2D eigenvalue weighted by molar-refractivity contribution is 0.613. The Bertz CT molecular complexity index is 878. The minimum atomic E-state index is -0.231. The lowest BCUT2D eigenvalue weighted by Gasteiger charge is -2.13. The monoisotopic (exact) mass is 351 g/mol. The molecule has 0 amide bonds. The van der Waals surface area contributed by atoms with Crippen LogP contribution in [0.2, 0.25) is 0 Å². The van der Waals surface area contributed by atoms with Crippen molar-refractivity contribution in [2.45, 2.75) is 13.5 Å². The number of aryl methyl sites for hydroxylation is 1. The van der Waals surface area contributed by atoms with Crippen LogP contribution < -0.4 is 15.5 Å². The molecular formula is C20H22FN5. The van der Waals surface area contributed by atoms with Gasteiger partial charge in [0, 0.05) is 49.3 Å². The van der Waals surface area contributed by atoms with Crippen LogP contribution in [0.5, 0.6) is 0 Å². The number of hydrogen-bond acceptors (Lipinski definition) is 5. The zero-order valence-electron chi connectivity index (χ0n) is 15.1. The molecule has 1 heterocycles. The summed E-state index contributed by atoms with van der Waals surface area (Å²) in [5.41, 5.74) is 3.44. The van der Waals surface area contributed by atoms with Gasteiger partial charge in [0.25, 0.3) is 0 Å². The fourth-order valence-electron chi connectivity index (χ4n) is 2.51. The third-order valence-corrected chi connectivity index (χ3v) is 3.91. The van der Waals surface area contributed by atoms with Crippen LogP contribution in [0.3, 0.4) is 0 Å². The van der Waals surface area contributed by atoms with Gasteiger partial charge in [-0.3, -0.25) is 0 Å². The lowest BCUT2D eigenvalue weighted by Crippen LogP contribution is -2.08. The van der Waals surface area contributed by atoms with Gasteiger partial charge in [-0.2, -0.15) is 4.98 Å². The van der Waals surface area contributed by atoms with E-state index in [0.29, 0.717) is 23.9 Å². The third kappa shape index (κ3) is 4.47. The van der Waals surface area contributed by atoms with Crippen LogP contribution in [0, 0.1) is 12.7 Å². The summed E-state index contributed by atoms with van der Waals surface area (Å²) in [7, 11) is 4.00. The maximum Gasteiger partial charge on any atom is 0.229 e. The molecule has 2 N–H and O–H groups in total. The topological polar surface area (TPSA) is 53.1 Å². The molecule has 0 fully saturated rings. The Morgan fingerprint density at radius 3 is 2.42 bits per heavy atom. The average molecular weight is 351 g/mol. The van der Waals surface area contributed by atoms with Crippen molar-refractivity contribution in [1.82, 2.24) is 9.97 Å². The molecule has 0 bridgehead atoms. The summed E-state index contributed by atoms with van der Waals surface area (Å²) in [5.74, 6) is 0.914. The number of aromatic nitrogens is 2. The van der Waals surface area contributed by atoms with E-state index >= 15 is 0 Å². The van der Waals surface area contributed by atoms with Crippen LogP contribution in [0.15, 0.2) is 54.6 Å². The summed E-state index contributed by atoms with van der Waals surface area (Å²) in [4.78, 5) is 10.9. The van der Waals surface area contributed by atoms with E-state index in [2.05, 4.69) is 20.6 Å². The molecule has 0 atom stereocenters. The molecule has 26 heavy (non-hydrogen) atoms. The van der Waals surface area contributed by atoms with Crippen molar-refractivity contribution >= 4 is 23.1 Å². The Morgan fingerprint density at radius 2 is 1.73 bits per heavy atom. The molecule has 134 valence electrons. The normalized spacial score (nSPS) is 10.5. The van der Waals surface area contributed by atoms with Crippen LogP contribution in [0.1, 0.15) is 11.3 Å². The second-order valence-corrected chi connectivity index (χ2v) is 6.23. The average Bonchev–Trinajstić information content (AvgIpc) is 2.61. The summed E-state index contributed by atoms with van der Waals surface area (Å²) in [6.45, 7) is 2.26. The highest BCUT2D eigenvalue weighted by Gasteiger charge is 2.05. The molecule has 0 aliphatic rings. The summed E-state index contributed by atoms with van der Waals surface area (Å²) < 4.78 is 13.7. The highest BCUT2D eigenvalue weighted by atomic mass is 19.1. The highest BCUT2D eigenvalue weighted by molar-refractivity contribution is 5.59. The van der Waals surface area contributed by atoms with Gasteiger partial charge in [0.2, 0.25) is 5.95 Å². The standard InChI is InChI=1S/C20H22FN5/c1-14-12-19(22-13-15-6-4-5-7-18(15)21)25-20(23-14)24-16-8-10-17(11-9-16)26(2)3/h4-12H,13H2,1-3H3,(H2,22,23,24,25). The number of benzene rings is 2. The van der Waals surface area contributed by atoms with Crippen molar-refractivity contribution < 1.29 is 4.39 Å². The van der Waals surface area contributed by atoms with Gasteiger partial charge in [0.15, 0.2) is 0 Å². The number of halogens is 1. The predicted molar refractivity (Wildman–Crippen MR) is 105 cm³/mol. The Balaban J connectivity index is 1.72. The maximum absolute atomic E-state index is 13.7. The molecule has 2 aromatic carbocycles. The molecule has 3 rings (SSSR count). The zero-order chi connectivity index (χ0) is 18.5. The highest BCUT2D eigenvalue weighted by Crippen LogP contribution is 2.20. The number of hydrogen-bond donors (Lipinski definition) is 2. The second kappa shape index (κ2) is 7.82. The summed E-state index contributed by atoms with van der Waals surface area (Å²) in [5, 5.41) is 6.36. The first-order valence-corrected chi connectivity index (χ1v) is 8.38. The molecular weight excluding hydrogens is 329 g/mol. The molecule has 0 radical (unpaired) electrons. The third-order valence-electron chi connectivity index (χ3n) is 3.91. The Kier molecular flexibility index (Phi) is 5.31. The van der Waals surface area contributed by atoms with Gasteiger partial charge in [-0.15, -0.1) is 0 Å². The van der Waals surface area contributed by atoms with E-state index in [9.17, 15) is 4.39 Å². The van der Waals surface area contributed by atoms with Gasteiger partial charge in [-0.25, -0.2) is 9.37 Å². The van der Waals surface area contributed by atoms with E-state index < -0.39 is 0 Å². The van der Waals surface area contributed by atoms with Gasteiger partial charge in [0.05, 0.1) is 0 Å². The van der Waals surface area contributed by atoms with Crippen molar-refractivity contribution in [2.24, 2.45) is 0 Å². The summed E-state index contributed by atoms with van der Waals surface area (Å²) >= 11 is 0.